The monoisotopic (exact) mass is 329 g/mol. The average Bonchev–Trinajstić information content (AvgIpc) is 3.01. The summed E-state index contributed by atoms with van der Waals surface area (Å²) in [6.45, 7) is 2.02. The van der Waals surface area contributed by atoms with E-state index < -0.39 is 0 Å². The summed E-state index contributed by atoms with van der Waals surface area (Å²) in [5.41, 5.74) is 2.12. The van der Waals surface area contributed by atoms with Crippen molar-refractivity contribution in [2.75, 3.05) is 18.0 Å². The Morgan fingerprint density at radius 1 is 1.04 bits per heavy atom. The van der Waals surface area contributed by atoms with Crippen molar-refractivity contribution in [3.05, 3.63) is 36.7 Å². The van der Waals surface area contributed by atoms with Gasteiger partial charge in [-0.25, -0.2) is 9.97 Å². The van der Waals surface area contributed by atoms with Gasteiger partial charge in [-0.3, -0.25) is 0 Å². The van der Waals surface area contributed by atoms with Gasteiger partial charge in [0.2, 0.25) is 0 Å². The highest BCUT2D eigenvalue weighted by molar-refractivity contribution is 7.92. The van der Waals surface area contributed by atoms with Gasteiger partial charge in [0.25, 0.3) is 0 Å². The number of nitrogens with zero attached hydrogens (tertiary/aromatic N) is 5. The van der Waals surface area contributed by atoms with Crippen LogP contribution in [0.3, 0.4) is 0 Å². The third kappa shape index (κ3) is 2.65. The Balaban J connectivity index is 1.81. The second-order valence-corrected chi connectivity index (χ2v) is 6.10. The highest BCUT2D eigenvalue weighted by atomic mass is 32.2. The van der Waals surface area contributed by atoms with Crippen molar-refractivity contribution in [3.8, 4) is 11.4 Å². The SMILES string of the molecule is FSn1nc2ccccc2c1-c1cc(N2CCCCC2)ncn1. The zero-order valence-corrected chi connectivity index (χ0v) is 13.3. The first kappa shape index (κ1) is 14.4. The topological polar surface area (TPSA) is 46.8 Å². The highest BCUT2D eigenvalue weighted by Gasteiger charge is 2.18. The number of fused-ring (bicyclic) bond motifs is 1. The molecular weight excluding hydrogens is 313 g/mol. The predicted octanol–water partition coefficient (Wildman–Crippen LogP) is 3.86. The molecule has 1 fully saturated rings. The van der Waals surface area contributed by atoms with Crippen LogP contribution in [0.4, 0.5) is 9.70 Å². The van der Waals surface area contributed by atoms with Gasteiger partial charge in [-0.15, -0.1) is 3.89 Å². The number of halogens is 1. The zero-order valence-electron chi connectivity index (χ0n) is 12.5. The van der Waals surface area contributed by atoms with Gasteiger partial charge in [-0.05, 0) is 25.3 Å². The van der Waals surface area contributed by atoms with Crippen molar-refractivity contribution >= 4 is 29.1 Å². The quantitative estimate of drug-likeness (QED) is 0.730. The summed E-state index contributed by atoms with van der Waals surface area (Å²) in [6.07, 6.45) is 5.18. The molecule has 23 heavy (non-hydrogen) atoms. The molecular formula is C16H16FN5S. The third-order valence-corrected chi connectivity index (χ3v) is 4.58. The Bertz CT molecular complexity index is 828. The summed E-state index contributed by atoms with van der Waals surface area (Å²) in [5.74, 6) is 0.899. The largest absolute Gasteiger partial charge is 0.357 e. The maximum Gasteiger partial charge on any atom is 0.188 e. The van der Waals surface area contributed by atoms with Crippen LogP contribution >= 0.6 is 12.3 Å². The number of hydrogen-bond donors (Lipinski definition) is 0. The summed E-state index contributed by atoms with van der Waals surface area (Å²) < 4.78 is 14.6. The van der Waals surface area contributed by atoms with E-state index in [-0.39, 0.29) is 12.3 Å². The van der Waals surface area contributed by atoms with Crippen LogP contribution in [0, 0.1) is 0 Å². The van der Waals surface area contributed by atoms with Crippen LogP contribution in [-0.4, -0.2) is 32.2 Å². The van der Waals surface area contributed by atoms with E-state index in [2.05, 4.69) is 20.0 Å². The average molecular weight is 329 g/mol. The fourth-order valence-corrected chi connectivity index (χ4v) is 3.45. The predicted molar refractivity (Wildman–Crippen MR) is 90.9 cm³/mol. The van der Waals surface area contributed by atoms with E-state index in [9.17, 15) is 3.89 Å². The summed E-state index contributed by atoms with van der Waals surface area (Å²) in [4.78, 5) is 11.0. The lowest BCUT2D eigenvalue weighted by molar-refractivity contribution is 0.573. The minimum absolute atomic E-state index is 0.0890. The molecule has 0 aliphatic carbocycles. The van der Waals surface area contributed by atoms with Crippen LogP contribution in [0.1, 0.15) is 19.3 Å². The minimum Gasteiger partial charge on any atom is -0.357 e. The molecule has 5 nitrogen and oxygen atoms in total. The van der Waals surface area contributed by atoms with Gasteiger partial charge in [0.1, 0.15) is 17.8 Å². The molecule has 2 aromatic heterocycles. The van der Waals surface area contributed by atoms with Crippen molar-refractivity contribution in [2.45, 2.75) is 19.3 Å². The molecule has 0 unspecified atom stereocenters. The van der Waals surface area contributed by atoms with Crippen LogP contribution < -0.4 is 4.90 Å². The number of piperidine rings is 1. The third-order valence-electron chi connectivity index (χ3n) is 4.19. The van der Waals surface area contributed by atoms with Crippen LogP contribution in [0.5, 0.6) is 0 Å². The molecule has 0 radical (unpaired) electrons. The van der Waals surface area contributed by atoms with Gasteiger partial charge < -0.3 is 4.90 Å². The van der Waals surface area contributed by atoms with E-state index in [4.69, 9.17) is 0 Å². The van der Waals surface area contributed by atoms with E-state index in [1.165, 1.54) is 23.3 Å². The van der Waals surface area contributed by atoms with Gasteiger partial charge in [-0.2, -0.15) is 9.19 Å². The molecule has 7 heteroatoms. The highest BCUT2D eigenvalue weighted by Crippen LogP contribution is 2.32. The van der Waals surface area contributed by atoms with E-state index in [0.29, 0.717) is 11.4 Å². The maximum atomic E-state index is 13.3. The second-order valence-electron chi connectivity index (χ2n) is 5.62. The lowest BCUT2D eigenvalue weighted by Crippen LogP contribution is -2.30. The molecule has 1 aliphatic heterocycles. The molecule has 4 rings (SSSR count). The summed E-state index contributed by atoms with van der Waals surface area (Å²) in [6, 6.07) is 9.56. The van der Waals surface area contributed by atoms with Gasteiger partial charge >= 0.3 is 0 Å². The van der Waals surface area contributed by atoms with Crippen molar-refractivity contribution in [2.24, 2.45) is 0 Å². The molecule has 118 valence electrons. The van der Waals surface area contributed by atoms with Crippen molar-refractivity contribution in [3.63, 3.8) is 0 Å². The summed E-state index contributed by atoms with van der Waals surface area (Å²) in [5, 5.41) is 5.17. The van der Waals surface area contributed by atoms with Crippen LogP contribution in [0.2, 0.25) is 0 Å². The molecule has 1 aliphatic rings. The van der Waals surface area contributed by atoms with Crippen molar-refractivity contribution in [1.82, 2.24) is 19.2 Å². The molecule has 3 heterocycles. The van der Waals surface area contributed by atoms with Crippen molar-refractivity contribution in [1.29, 1.82) is 0 Å². The molecule has 0 amide bonds. The van der Waals surface area contributed by atoms with Crippen LogP contribution in [-0.2, 0) is 0 Å². The molecule has 0 N–H and O–H groups in total. The number of aromatic nitrogens is 4. The number of hydrogen-bond acceptors (Lipinski definition) is 5. The van der Waals surface area contributed by atoms with E-state index in [1.54, 1.807) is 6.33 Å². The van der Waals surface area contributed by atoms with Crippen LogP contribution in [0.25, 0.3) is 22.3 Å². The molecule has 1 saturated heterocycles. The number of rotatable bonds is 3. The standard InChI is InChI=1S/C16H16FN5S/c17-23-22-16(12-6-2-3-7-13(12)20-22)14-10-15(19-11-18-14)21-8-4-1-5-9-21/h2-3,6-7,10-11H,1,4-5,8-9H2. The summed E-state index contributed by atoms with van der Waals surface area (Å²) >= 11 is 0.0890. The van der Waals surface area contributed by atoms with E-state index in [1.807, 2.05) is 30.3 Å². The van der Waals surface area contributed by atoms with Gasteiger partial charge in [0, 0.05) is 24.5 Å². The van der Waals surface area contributed by atoms with Crippen molar-refractivity contribution < 1.29 is 3.89 Å². The lowest BCUT2D eigenvalue weighted by Gasteiger charge is -2.27. The zero-order chi connectivity index (χ0) is 15.6. The Hall–Kier alpha value is -2.15. The van der Waals surface area contributed by atoms with E-state index >= 15 is 0 Å². The maximum absolute atomic E-state index is 13.3. The first-order valence-corrected chi connectivity index (χ1v) is 8.38. The Morgan fingerprint density at radius 3 is 2.70 bits per heavy atom. The lowest BCUT2D eigenvalue weighted by atomic mass is 10.1. The fraction of sp³-hybridized carbons (Fsp3) is 0.312. The van der Waals surface area contributed by atoms with Gasteiger partial charge in [0.05, 0.1) is 11.2 Å². The molecule has 3 aromatic rings. The fourth-order valence-electron chi connectivity index (χ4n) is 3.07. The van der Waals surface area contributed by atoms with Gasteiger partial charge in [-0.1, -0.05) is 18.2 Å². The normalized spacial score (nSPS) is 15.3. The van der Waals surface area contributed by atoms with Crippen LogP contribution in [0.15, 0.2) is 36.7 Å². The Labute approximate surface area is 138 Å². The Morgan fingerprint density at radius 2 is 1.87 bits per heavy atom. The molecule has 0 spiro atoms. The second kappa shape index (κ2) is 6.16. The molecule has 0 bridgehead atoms. The molecule has 1 aromatic carbocycles. The number of anilines is 1. The number of benzene rings is 1. The molecule has 0 atom stereocenters. The first-order chi connectivity index (χ1) is 11.4. The van der Waals surface area contributed by atoms with Gasteiger partial charge in [0.15, 0.2) is 12.3 Å². The smallest absolute Gasteiger partial charge is 0.188 e. The summed E-state index contributed by atoms with van der Waals surface area (Å²) in [7, 11) is 0. The molecule has 0 saturated carbocycles. The Kier molecular flexibility index (Phi) is 3.87. The van der Waals surface area contributed by atoms with E-state index in [0.717, 1.165) is 29.8 Å². The minimum atomic E-state index is 0.0890. The first-order valence-electron chi connectivity index (χ1n) is 7.71.